The van der Waals surface area contributed by atoms with Gasteiger partial charge in [-0.25, -0.2) is 0 Å². The van der Waals surface area contributed by atoms with Gasteiger partial charge in [-0.2, -0.15) is 11.8 Å². The molecular formula is C10H19NS. The minimum atomic E-state index is 0.327. The lowest BCUT2D eigenvalue weighted by atomic mass is 9.85. The Morgan fingerprint density at radius 2 is 2.25 bits per heavy atom. The Morgan fingerprint density at radius 1 is 1.58 bits per heavy atom. The molecule has 0 heterocycles. The van der Waals surface area contributed by atoms with Crippen molar-refractivity contribution >= 4 is 11.8 Å². The molecule has 0 radical (unpaired) electrons. The molecule has 1 aliphatic rings. The summed E-state index contributed by atoms with van der Waals surface area (Å²) in [5, 5.41) is 0. The quantitative estimate of drug-likeness (QED) is 0.681. The van der Waals surface area contributed by atoms with Crippen LogP contribution in [0.15, 0.2) is 11.1 Å². The van der Waals surface area contributed by atoms with E-state index in [0.717, 1.165) is 6.42 Å². The molecule has 0 bridgehead atoms. The van der Waals surface area contributed by atoms with Gasteiger partial charge in [0, 0.05) is 6.04 Å². The summed E-state index contributed by atoms with van der Waals surface area (Å²) in [6.07, 6.45) is 7.26. The molecule has 0 spiro atoms. The van der Waals surface area contributed by atoms with E-state index in [1.807, 2.05) is 11.8 Å². The minimum absolute atomic E-state index is 0.327. The zero-order valence-electron chi connectivity index (χ0n) is 8.10. The average Bonchev–Trinajstić information content (AvgIpc) is 1.96. The first-order chi connectivity index (χ1) is 5.75. The first-order valence-corrected chi connectivity index (χ1v) is 6.08. The third-order valence-corrected chi connectivity index (χ3v) is 3.35. The Bertz CT molecular complexity index is 169. The third-order valence-electron chi connectivity index (χ3n) is 2.70. The Morgan fingerprint density at radius 3 is 2.67 bits per heavy atom. The van der Waals surface area contributed by atoms with Gasteiger partial charge >= 0.3 is 0 Å². The van der Waals surface area contributed by atoms with E-state index in [0.29, 0.717) is 6.04 Å². The largest absolute Gasteiger partial charge is 0.324 e. The molecule has 1 atom stereocenters. The Labute approximate surface area is 79.8 Å². The van der Waals surface area contributed by atoms with Crippen molar-refractivity contribution in [2.45, 2.75) is 38.6 Å². The summed E-state index contributed by atoms with van der Waals surface area (Å²) < 4.78 is 0. The zero-order chi connectivity index (χ0) is 8.97. The predicted octanol–water partition coefficient (Wildman–Crippen LogP) is 2.57. The van der Waals surface area contributed by atoms with Gasteiger partial charge in [-0.05, 0) is 44.6 Å². The lowest BCUT2D eigenvalue weighted by molar-refractivity contribution is 0.620. The van der Waals surface area contributed by atoms with E-state index in [1.54, 1.807) is 5.57 Å². The molecule has 2 heteroatoms. The fraction of sp³-hybridized carbons (Fsp3) is 0.800. The van der Waals surface area contributed by atoms with Crippen LogP contribution in [0.2, 0.25) is 0 Å². The number of hydrogen-bond donors (Lipinski definition) is 1. The van der Waals surface area contributed by atoms with Gasteiger partial charge in [0.15, 0.2) is 0 Å². The molecule has 0 aromatic carbocycles. The standard InChI is InChI=1S/C10H19NS/c1-8(9-4-3-5-9)10(11)6-7-12-2/h10H,3-7,11H2,1-2H3. The van der Waals surface area contributed by atoms with Crippen molar-refractivity contribution in [1.29, 1.82) is 0 Å². The lowest BCUT2D eigenvalue weighted by Crippen LogP contribution is -2.24. The first-order valence-electron chi connectivity index (χ1n) is 4.68. The van der Waals surface area contributed by atoms with Crippen LogP contribution in [0.3, 0.4) is 0 Å². The van der Waals surface area contributed by atoms with Crippen LogP contribution in [-0.2, 0) is 0 Å². The average molecular weight is 185 g/mol. The van der Waals surface area contributed by atoms with Gasteiger partial charge in [0.25, 0.3) is 0 Å². The van der Waals surface area contributed by atoms with Crippen LogP contribution in [0.5, 0.6) is 0 Å². The molecule has 1 aliphatic carbocycles. The maximum atomic E-state index is 6.04. The molecular weight excluding hydrogens is 166 g/mol. The highest BCUT2D eigenvalue weighted by Gasteiger charge is 2.15. The van der Waals surface area contributed by atoms with Crippen LogP contribution in [0.25, 0.3) is 0 Å². The van der Waals surface area contributed by atoms with Crippen molar-refractivity contribution in [2.24, 2.45) is 5.73 Å². The second-order valence-electron chi connectivity index (χ2n) is 3.53. The Hall–Kier alpha value is 0.0500. The summed E-state index contributed by atoms with van der Waals surface area (Å²) in [4.78, 5) is 0. The van der Waals surface area contributed by atoms with Crippen molar-refractivity contribution in [3.05, 3.63) is 11.1 Å². The summed E-state index contributed by atoms with van der Waals surface area (Å²) >= 11 is 1.88. The minimum Gasteiger partial charge on any atom is -0.324 e. The molecule has 1 fully saturated rings. The summed E-state index contributed by atoms with van der Waals surface area (Å²) in [6.45, 7) is 2.21. The van der Waals surface area contributed by atoms with Crippen molar-refractivity contribution in [2.75, 3.05) is 12.0 Å². The van der Waals surface area contributed by atoms with Gasteiger partial charge in [0.1, 0.15) is 0 Å². The summed E-state index contributed by atoms with van der Waals surface area (Å²) in [7, 11) is 0. The van der Waals surface area contributed by atoms with E-state index >= 15 is 0 Å². The van der Waals surface area contributed by atoms with E-state index in [2.05, 4.69) is 13.2 Å². The molecule has 1 rings (SSSR count). The molecule has 12 heavy (non-hydrogen) atoms. The van der Waals surface area contributed by atoms with Gasteiger partial charge in [0.2, 0.25) is 0 Å². The molecule has 0 aliphatic heterocycles. The second kappa shape index (κ2) is 4.93. The number of nitrogens with two attached hydrogens (primary N) is 1. The molecule has 0 amide bonds. The number of allylic oxidation sites excluding steroid dienone is 1. The molecule has 70 valence electrons. The maximum absolute atomic E-state index is 6.04. The fourth-order valence-corrected chi connectivity index (χ4v) is 1.96. The summed E-state index contributed by atoms with van der Waals surface area (Å²) in [5.41, 5.74) is 9.14. The molecule has 0 saturated heterocycles. The SMILES string of the molecule is CSCCC(N)C(C)=C1CCC1. The van der Waals surface area contributed by atoms with E-state index < -0.39 is 0 Å². The van der Waals surface area contributed by atoms with Crippen molar-refractivity contribution < 1.29 is 0 Å². The van der Waals surface area contributed by atoms with E-state index in [-0.39, 0.29) is 0 Å². The number of thioether (sulfide) groups is 1. The van der Waals surface area contributed by atoms with E-state index in [1.165, 1.54) is 30.6 Å². The lowest BCUT2D eigenvalue weighted by Gasteiger charge is -2.23. The van der Waals surface area contributed by atoms with Gasteiger partial charge in [-0.3, -0.25) is 0 Å². The van der Waals surface area contributed by atoms with Gasteiger partial charge in [-0.15, -0.1) is 0 Å². The maximum Gasteiger partial charge on any atom is 0.0261 e. The highest BCUT2D eigenvalue weighted by Crippen LogP contribution is 2.30. The van der Waals surface area contributed by atoms with E-state index in [4.69, 9.17) is 5.73 Å². The topological polar surface area (TPSA) is 26.0 Å². The molecule has 1 unspecified atom stereocenters. The molecule has 2 N–H and O–H groups in total. The zero-order valence-corrected chi connectivity index (χ0v) is 8.91. The van der Waals surface area contributed by atoms with Crippen LogP contribution < -0.4 is 5.73 Å². The Kier molecular flexibility index (Phi) is 4.16. The van der Waals surface area contributed by atoms with Crippen LogP contribution in [-0.4, -0.2) is 18.1 Å². The smallest absolute Gasteiger partial charge is 0.0261 e. The molecule has 1 nitrogen and oxygen atoms in total. The highest BCUT2D eigenvalue weighted by atomic mass is 32.2. The highest BCUT2D eigenvalue weighted by molar-refractivity contribution is 7.98. The van der Waals surface area contributed by atoms with E-state index in [9.17, 15) is 0 Å². The molecule has 1 saturated carbocycles. The van der Waals surface area contributed by atoms with Gasteiger partial charge in [0.05, 0.1) is 0 Å². The first kappa shape index (κ1) is 10.1. The Balaban J connectivity index is 2.34. The number of hydrogen-bond acceptors (Lipinski definition) is 2. The van der Waals surface area contributed by atoms with Crippen LogP contribution in [0.1, 0.15) is 32.6 Å². The molecule has 0 aromatic heterocycles. The predicted molar refractivity (Wildman–Crippen MR) is 57.5 cm³/mol. The second-order valence-corrected chi connectivity index (χ2v) is 4.51. The fourth-order valence-electron chi connectivity index (χ4n) is 1.47. The monoisotopic (exact) mass is 185 g/mol. The van der Waals surface area contributed by atoms with Crippen molar-refractivity contribution in [3.63, 3.8) is 0 Å². The number of rotatable bonds is 4. The van der Waals surface area contributed by atoms with Gasteiger partial charge in [-0.1, -0.05) is 11.1 Å². The third kappa shape index (κ3) is 2.53. The van der Waals surface area contributed by atoms with Crippen LogP contribution in [0, 0.1) is 0 Å². The summed E-state index contributed by atoms with van der Waals surface area (Å²) in [5.74, 6) is 1.19. The summed E-state index contributed by atoms with van der Waals surface area (Å²) in [6, 6.07) is 0.327. The van der Waals surface area contributed by atoms with Crippen molar-refractivity contribution in [3.8, 4) is 0 Å². The normalized spacial score (nSPS) is 18.8. The van der Waals surface area contributed by atoms with Gasteiger partial charge < -0.3 is 5.73 Å². The molecule has 0 aromatic rings. The van der Waals surface area contributed by atoms with Crippen LogP contribution >= 0.6 is 11.8 Å². The van der Waals surface area contributed by atoms with Crippen LogP contribution in [0.4, 0.5) is 0 Å². The van der Waals surface area contributed by atoms with Crippen molar-refractivity contribution in [1.82, 2.24) is 0 Å².